The van der Waals surface area contributed by atoms with E-state index in [4.69, 9.17) is 4.42 Å². The molecule has 1 aromatic heterocycles. The summed E-state index contributed by atoms with van der Waals surface area (Å²) in [5, 5.41) is 20.6. The van der Waals surface area contributed by atoms with Gasteiger partial charge in [-0.15, -0.1) is 0 Å². The minimum absolute atomic E-state index is 0.0511. The zero-order valence-corrected chi connectivity index (χ0v) is 16.4. The Labute approximate surface area is 168 Å². The molecule has 1 aliphatic heterocycles. The molecule has 0 fully saturated rings. The number of nitrogens with zero attached hydrogens (tertiary/aromatic N) is 2. The molecule has 2 heterocycles. The van der Waals surface area contributed by atoms with Crippen molar-refractivity contribution in [3.05, 3.63) is 62.8 Å². The van der Waals surface area contributed by atoms with Crippen LogP contribution in [0, 0.1) is 11.3 Å². The number of carboxylic acid groups (broad SMARTS) is 1. The van der Waals surface area contributed by atoms with E-state index < -0.39 is 17.8 Å². The summed E-state index contributed by atoms with van der Waals surface area (Å²) >= 11 is 3.21. The standard InChI is InChI=1S/C20H13BrN2O5/c1-10-14(18(24)23(2)19(25)16(10)9-22)8-12-4-6-17(28-12)13-5-3-11(21)7-15(13)20(26)27/h3-8H,1-2H3,(H,26,27)/p-1/b14-8+. The molecule has 0 saturated carbocycles. The van der Waals surface area contributed by atoms with Crippen LogP contribution in [0.4, 0.5) is 0 Å². The molecule has 2 aromatic rings. The Bertz CT molecular complexity index is 1130. The predicted molar refractivity (Wildman–Crippen MR) is 100 cm³/mol. The van der Waals surface area contributed by atoms with Gasteiger partial charge < -0.3 is 14.3 Å². The molecule has 7 nitrogen and oxygen atoms in total. The topological polar surface area (TPSA) is 114 Å². The fourth-order valence-corrected chi connectivity index (χ4v) is 3.18. The van der Waals surface area contributed by atoms with Crippen LogP contribution in [-0.4, -0.2) is 29.7 Å². The summed E-state index contributed by atoms with van der Waals surface area (Å²) in [4.78, 5) is 36.7. The minimum Gasteiger partial charge on any atom is -0.545 e. The molecular weight excluding hydrogens is 428 g/mol. The van der Waals surface area contributed by atoms with E-state index in [1.165, 1.54) is 26.1 Å². The van der Waals surface area contributed by atoms with Crippen LogP contribution in [0.25, 0.3) is 17.4 Å². The summed E-state index contributed by atoms with van der Waals surface area (Å²) in [5.74, 6) is -2.03. The molecule has 1 aliphatic rings. The Morgan fingerprint density at radius 2 is 1.96 bits per heavy atom. The van der Waals surface area contributed by atoms with Gasteiger partial charge in [-0.25, -0.2) is 0 Å². The van der Waals surface area contributed by atoms with E-state index in [0.29, 0.717) is 10.0 Å². The highest BCUT2D eigenvalue weighted by Crippen LogP contribution is 2.31. The molecular formula is C20H12BrN2O5-. The maximum atomic E-state index is 12.4. The first-order valence-electron chi connectivity index (χ1n) is 8.01. The predicted octanol–water partition coefficient (Wildman–Crippen LogP) is 2.29. The molecule has 0 radical (unpaired) electrons. The number of rotatable bonds is 3. The molecule has 0 bridgehead atoms. The number of carboxylic acids is 1. The lowest BCUT2D eigenvalue weighted by Crippen LogP contribution is -2.39. The van der Waals surface area contributed by atoms with Crippen molar-refractivity contribution in [1.29, 1.82) is 5.26 Å². The average molecular weight is 440 g/mol. The smallest absolute Gasteiger partial charge is 0.271 e. The fraction of sp³-hybridized carbons (Fsp3) is 0.100. The summed E-state index contributed by atoms with van der Waals surface area (Å²) < 4.78 is 6.27. The summed E-state index contributed by atoms with van der Waals surface area (Å²) in [6, 6.07) is 9.58. The van der Waals surface area contributed by atoms with Gasteiger partial charge in [0.2, 0.25) is 0 Å². The van der Waals surface area contributed by atoms with Crippen LogP contribution < -0.4 is 5.11 Å². The van der Waals surface area contributed by atoms with Gasteiger partial charge in [0, 0.05) is 28.2 Å². The number of carbonyl (C=O) groups is 3. The minimum atomic E-state index is -1.35. The number of nitriles is 1. The maximum Gasteiger partial charge on any atom is 0.271 e. The second kappa shape index (κ2) is 7.29. The Morgan fingerprint density at radius 3 is 2.61 bits per heavy atom. The van der Waals surface area contributed by atoms with E-state index in [9.17, 15) is 24.8 Å². The lowest BCUT2D eigenvalue weighted by atomic mass is 9.95. The van der Waals surface area contributed by atoms with E-state index in [0.717, 1.165) is 4.90 Å². The van der Waals surface area contributed by atoms with Gasteiger partial charge in [-0.05, 0) is 48.9 Å². The van der Waals surface area contributed by atoms with E-state index in [-0.39, 0.29) is 33.8 Å². The summed E-state index contributed by atoms with van der Waals surface area (Å²) in [5.41, 5.74) is 0.556. The zero-order valence-electron chi connectivity index (χ0n) is 14.8. The number of hydrogen-bond donors (Lipinski definition) is 0. The number of halogens is 1. The number of carbonyl (C=O) groups excluding carboxylic acids is 3. The van der Waals surface area contributed by atoms with Gasteiger partial charge >= 0.3 is 0 Å². The molecule has 140 valence electrons. The highest BCUT2D eigenvalue weighted by molar-refractivity contribution is 9.10. The molecule has 0 aliphatic carbocycles. The normalized spacial score (nSPS) is 15.9. The van der Waals surface area contributed by atoms with Crippen LogP contribution in [0.5, 0.6) is 0 Å². The van der Waals surface area contributed by atoms with E-state index in [1.807, 2.05) is 6.07 Å². The Kier molecular flexibility index (Phi) is 5.03. The van der Waals surface area contributed by atoms with Crippen LogP contribution in [0.15, 0.2) is 55.9 Å². The lowest BCUT2D eigenvalue weighted by Gasteiger charge is -2.23. The number of imide groups is 1. The third-order valence-electron chi connectivity index (χ3n) is 4.32. The Hall–Kier alpha value is -3.44. The van der Waals surface area contributed by atoms with Gasteiger partial charge in [-0.2, -0.15) is 5.26 Å². The fourth-order valence-electron chi connectivity index (χ4n) is 2.82. The summed E-state index contributed by atoms with van der Waals surface area (Å²) in [6.45, 7) is 1.51. The molecule has 1 aromatic carbocycles. The van der Waals surface area contributed by atoms with E-state index >= 15 is 0 Å². The highest BCUT2D eigenvalue weighted by Gasteiger charge is 2.33. The quantitative estimate of drug-likeness (QED) is 0.535. The lowest BCUT2D eigenvalue weighted by molar-refractivity contribution is -0.255. The Morgan fingerprint density at radius 1 is 1.25 bits per heavy atom. The van der Waals surface area contributed by atoms with E-state index in [1.54, 1.807) is 24.3 Å². The van der Waals surface area contributed by atoms with Crippen LogP contribution >= 0.6 is 15.9 Å². The molecule has 0 N–H and O–H groups in total. The first kappa shape index (κ1) is 19.3. The van der Waals surface area contributed by atoms with Crippen molar-refractivity contribution in [1.82, 2.24) is 4.90 Å². The van der Waals surface area contributed by atoms with Crippen LogP contribution in [0.2, 0.25) is 0 Å². The monoisotopic (exact) mass is 439 g/mol. The largest absolute Gasteiger partial charge is 0.545 e. The number of likely N-dealkylation sites (N-methyl/N-ethyl adjacent to an activating group) is 1. The van der Waals surface area contributed by atoms with Crippen molar-refractivity contribution in [3.63, 3.8) is 0 Å². The van der Waals surface area contributed by atoms with Crippen molar-refractivity contribution >= 4 is 39.8 Å². The molecule has 2 amide bonds. The van der Waals surface area contributed by atoms with Crippen molar-refractivity contribution in [2.24, 2.45) is 0 Å². The van der Waals surface area contributed by atoms with Gasteiger partial charge in [0.25, 0.3) is 11.8 Å². The number of hydrogen-bond acceptors (Lipinski definition) is 6. The molecule has 3 rings (SSSR count). The first-order valence-corrected chi connectivity index (χ1v) is 8.80. The average Bonchev–Trinajstić information content (AvgIpc) is 3.12. The summed E-state index contributed by atoms with van der Waals surface area (Å²) in [7, 11) is 1.30. The van der Waals surface area contributed by atoms with Gasteiger partial charge in [0.05, 0.1) is 5.97 Å². The van der Waals surface area contributed by atoms with Gasteiger partial charge in [-0.3, -0.25) is 14.5 Å². The molecule has 0 unspecified atom stereocenters. The molecule has 28 heavy (non-hydrogen) atoms. The van der Waals surface area contributed by atoms with Crippen molar-refractivity contribution in [2.75, 3.05) is 7.05 Å². The third kappa shape index (κ3) is 3.28. The molecule has 8 heteroatoms. The molecule has 0 saturated heterocycles. The molecule has 0 spiro atoms. The SMILES string of the molecule is CC1=C(C#N)C(=O)N(C)C(=O)/C1=C/c1ccc(-c2ccc(Br)cc2C(=O)[O-])o1. The zero-order chi connectivity index (χ0) is 20.6. The Balaban J connectivity index is 2.08. The van der Waals surface area contributed by atoms with Gasteiger partial charge in [0.1, 0.15) is 23.2 Å². The second-order valence-electron chi connectivity index (χ2n) is 6.02. The van der Waals surface area contributed by atoms with Crippen LogP contribution in [-0.2, 0) is 9.59 Å². The van der Waals surface area contributed by atoms with Crippen molar-refractivity contribution in [2.45, 2.75) is 6.92 Å². The second-order valence-corrected chi connectivity index (χ2v) is 6.93. The summed E-state index contributed by atoms with van der Waals surface area (Å²) in [6.07, 6.45) is 1.42. The van der Waals surface area contributed by atoms with Crippen LogP contribution in [0.1, 0.15) is 23.0 Å². The number of furan rings is 1. The number of amides is 2. The molecule has 0 atom stereocenters. The third-order valence-corrected chi connectivity index (χ3v) is 4.82. The van der Waals surface area contributed by atoms with Crippen molar-refractivity contribution in [3.8, 4) is 17.4 Å². The first-order chi connectivity index (χ1) is 13.2. The maximum absolute atomic E-state index is 12.4. The highest BCUT2D eigenvalue weighted by atomic mass is 79.9. The van der Waals surface area contributed by atoms with Gasteiger partial charge in [-0.1, -0.05) is 15.9 Å². The number of aromatic carboxylic acids is 1. The van der Waals surface area contributed by atoms with E-state index in [2.05, 4.69) is 15.9 Å². The number of benzene rings is 1. The van der Waals surface area contributed by atoms with Gasteiger partial charge in [0.15, 0.2) is 0 Å². The van der Waals surface area contributed by atoms with Crippen LogP contribution in [0.3, 0.4) is 0 Å². The van der Waals surface area contributed by atoms with Crippen molar-refractivity contribution < 1.29 is 23.9 Å².